The largest absolute Gasteiger partial charge is 0.418 e. The highest BCUT2D eigenvalue weighted by Gasteiger charge is 2.33. The van der Waals surface area contributed by atoms with Crippen LogP contribution in [0.5, 0.6) is 0 Å². The molecule has 1 amide bonds. The molecule has 0 aliphatic carbocycles. The van der Waals surface area contributed by atoms with Gasteiger partial charge in [0.25, 0.3) is 12.3 Å². The summed E-state index contributed by atoms with van der Waals surface area (Å²) in [5, 5.41) is 1.80. The van der Waals surface area contributed by atoms with Crippen LogP contribution in [0.3, 0.4) is 0 Å². The van der Waals surface area contributed by atoms with E-state index >= 15 is 0 Å². The second-order valence-corrected chi connectivity index (χ2v) is 3.40. The van der Waals surface area contributed by atoms with E-state index in [-0.39, 0.29) is 5.56 Å². The number of nitrogens with two attached hydrogens (primary N) is 1. The number of carbonyl (C=O) groups excluding carboxylic acids is 1. The van der Waals surface area contributed by atoms with Crippen LogP contribution in [0.15, 0.2) is 18.2 Å². The fourth-order valence-corrected chi connectivity index (χ4v) is 1.21. The van der Waals surface area contributed by atoms with Gasteiger partial charge in [-0.3, -0.25) is 4.79 Å². The van der Waals surface area contributed by atoms with Crippen molar-refractivity contribution in [2.45, 2.75) is 12.6 Å². The molecule has 3 N–H and O–H groups in total. The molecule has 0 fully saturated rings. The molecule has 0 radical (unpaired) electrons. The lowest BCUT2D eigenvalue weighted by Gasteiger charge is -2.11. The van der Waals surface area contributed by atoms with Crippen LogP contribution in [0.2, 0.25) is 0 Å². The number of carbonyl (C=O) groups is 1. The van der Waals surface area contributed by atoms with Gasteiger partial charge in [0, 0.05) is 11.3 Å². The number of hydrogen-bond acceptors (Lipinski definition) is 2. The highest BCUT2D eigenvalue weighted by atomic mass is 19.4. The van der Waals surface area contributed by atoms with Crippen LogP contribution in [0.4, 0.5) is 27.6 Å². The standard InChI is InChI=1S/C10H9F5N2O/c11-8(12)4-17-9(18)5-1-2-7(16)6(3-5)10(13,14)15/h1-3,8H,4,16H2,(H,17,18). The minimum Gasteiger partial charge on any atom is -0.398 e. The Morgan fingerprint density at radius 3 is 2.44 bits per heavy atom. The fraction of sp³-hybridized carbons (Fsp3) is 0.300. The van der Waals surface area contributed by atoms with Gasteiger partial charge in [0.05, 0.1) is 12.1 Å². The van der Waals surface area contributed by atoms with Crippen molar-refractivity contribution in [2.24, 2.45) is 0 Å². The van der Waals surface area contributed by atoms with Crippen LogP contribution >= 0.6 is 0 Å². The second kappa shape index (κ2) is 5.19. The average Bonchev–Trinajstić information content (AvgIpc) is 2.24. The maximum absolute atomic E-state index is 12.5. The molecule has 1 aromatic carbocycles. The summed E-state index contributed by atoms with van der Waals surface area (Å²) >= 11 is 0. The molecule has 8 heteroatoms. The zero-order chi connectivity index (χ0) is 13.9. The Balaban J connectivity index is 2.95. The Hall–Kier alpha value is -1.86. The van der Waals surface area contributed by atoms with Gasteiger partial charge in [-0.25, -0.2) is 8.78 Å². The summed E-state index contributed by atoms with van der Waals surface area (Å²) in [7, 11) is 0. The van der Waals surface area contributed by atoms with E-state index < -0.39 is 36.3 Å². The van der Waals surface area contributed by atoms with Gasteiger partial charge in [-0.2, -0.15) is 13.2 Å². The molecule has 0 spiro atoms. The molecule has 3 nitrogen and oxygen atoms in total. The molecule has 0 atom stereocenters. The summed E-state index contributed by atoms with van der Waals surface area (Å²) in [5.74, 6) is -1.01. The summed E-state index contributed by atoms with van der Waals surface area (Å²) in [4.78, 5) is 11.3. The maximum Gasteiger partial charge on any atom is 0.418 e. The fourth-order valence-electron chi connectivity index (χ4n) is 1.21. The van der Waals surface area contributed by atoms with Gasteiger partial charge in [-0.05, 0) is 18.2 Å². The smallest absolute Gasteiger partial charge is 0.398 e. The lowest BCUT2D eigenvalue weighted by molar-refractivity contribution is -0.136. The van der Waals surface area contributed by atoms with Crippen molar-refractivity contribution in [3.63, 3.8) is 0 Å². The second-order valence-electron chi connectivity index (χ2n) is 3.40. The molecule has 0 bridgehead atoms. The van der Waals surface area contributed by atoms with Gasteiger partial charge in [0.2, 0.25) is 0 Å². The molecule has 0 heterocycles. The summed E-state index contributed by atoms with van der Waals surface area (Å²) in [6, 6.07) is 2.46. The number of benzene rings is 1. The van der Waals surface area contributed by atoms with Crippen molar-refractivity contribution < 1.29 is 26.7 Å². The Kier molecular flexibility index (Phi) is 4.10. The predicted octanol–water partition coefficient (Wildman–Crippen LogP) is 2.28. The van der Waals surface area contributed by atoms with Crippen molar-refractivity contribution in [3.05, 3.63) is 29.3 Å². The average molecular weight is 268 g/mol. The number of anilines is 1. The van der Waals surface area contributed by atoms with E-state index in [1.807, 2.05) is 0 Å². The first kappa shape index (κ1) is 14.2. The number of rotatable bonds is 3. The quantitative estimate of drug-likeness (QED) is 0.652. The first-order valence-corrected chi connectivity index (χ1v) is 4.75. The lowest BCUT2D eigenvalue weighted by atomic mass is 10.1. The van der Waals surface area contributed by atoms with E-state index in [2.05, 4.69) is 0 Å². The van der Waals surface area contributed by atoms with Crippen LogP contribution in [-0.2, 0) is 6.18 Å². The number of alkyl halides is 5. The molecular weight excluding hydrogens is 259 g/mol. The van der Waals surface area contributed by atoms with E-state index in [0.717, 1.165) is 12.1 Å². The number of hydrogen-bond donors (Lipinski definition) is 2. The number of amides is 1. The first-order chi connectivity index (χ1) is 8.21. The first-order valence-electron chi connectivity index (χ1n) is 4.75. The van der Waals surface area contributed by atoms with E-state index in [9.17, 15) is 26.7 Å². The van der Waals surface area contributed by atoms with Crippen LogP contribution < -0.4 is 11.1 Å². The van der Waals surface area contributed by atoms with Crippen LogP contribution in [0, 0.1) is 0 Å². The predicted molar refractivity (Wildman–Crippen MR) is 54.2 cm³/mol. The molecule has 0 unspecified atom stereocenters. The summed E-state index contributed by atoms with van der Waals surface area (Å²) in [5.41, 5.74) is 3.04. The Morgan fingerprint density at radius 1 is 1.33 bits per heavy atom. The van der Waals surface area contributed by atoms with Crippen molar-refractivity contribution in [1.29, 1.82) is 0 Å². The molecule has 0 aliphatic heterocycles. The van der Waals surface area contributed by atoms with Crippen molar-refractivity contribution in [1.82, 2.24) is 5.32 Å². The number of nitrogen functional groups attached to an aromatic ring is 1. The van der Waals surface area contributed by atoms with Crippen LogP contribution in [0.1, 0.15) is 15.9 Å². The molecule has 0 saturated heterocycles. The normalized spacial score (nSPS) is 11.7. The minimum absolute atomic E-state index is 0.378. The van der Waals surface area contributed by atoms with Gasteiger partial charge < -0.3 is 11.1 Å². The molecular formula is C10H9F5N2O. The number of nitrogens with one attached hydrogen (secondary N) is 1. The molecule has 18 heavy (non-hydrogen) atoms. The third-order valence-electron chi connectivity index (χ3n) is 2.04. The highest BCUT2D eigenvalue weighted by Crippen LogP contribution is 2.33. The third-order valence-corrected chi connectivity index (χ3v) is 2.04. The zero-order valence-corrected chi connectivity index (χ0v) is 8.89. The third kappa shape index (κ3) is 3.57. The molecule has 1 rings (SSSR count). The Labute approximate surface area is 98.8 Å². The van der Waals surface area contributed by atoms with Crippen molar-refractivity contribution in [2.75, 3.05) is 12.3 Å². The molecule has 0 aliphatic rings. The van der Waals surface area contributed by atoms with E-state index in [0.29, 0.717) is 6.07 Å². The molecule has 1 aromatic rings. The highest BCUT2D eigenvalue weighted by molar-refractivity contribution is 5.94. The molecule has 100 valence electrons. The van der Waals surface area contributed by atoms with E-state index in [4.69, 9.17) is 5.73 Å². The van der Waals surface area contributed by atoms with Crippen LogP contribution in [0.25, 0.3) is 0 Å². The zero-order valence-electron chi connectivity index (χ0n) is 8.89. The van der Waals surface area contributed by atoms with Crippen molar-refractivity contribution >= 4 is 11.6 Å². The van der Waals surface area contributed by atoms with Gasteiger partial charge in [-0.1, -0.05) is 0 Å². The number of halogens is 5. The van der Waals surface area contributed by atoms with E-state index in [1.165, 1.54) is 0 Å². The van der Waals surface area contributed by atoms with E-state index in [1.54, 1.807) is 5.32 Å². The summed E-state index contributed by atoms with van der Waals surface area (Å²) in [6.07, 6.45) is -7.48. The van der Waals surface area contributed by atoms with Gasteiger partial charge in [-0.15, -0.1) is 0 Å². The lowest BCUT2D eigenvalue weighted by Crippen LogP contribution is -2.28. The van der Waals surface area contributed by atoms with Crippen LogP contribution in [-0.4, -0.2) is 18.9 Å². The van der Waals surface area contributed by atoms with Gasteiger partial charge in [0.1, 0.15) is 0 Å². The Morgan fingerprint density at radius 2 is 1.94 bits per heavy atom. The monoisotopic (exact) mass is 268 g/mol. The maximum atomic E-state index is 12.5. The molecule has 0 aromatic heterocycles. The Bertz CT molecular complexity index is 444. The SMILES string of the molecule is Nc1ccc(C(=O)NCC(F)F)cc1C(F)(F)F. The minimum atomic E-state index is -4.71. The van der Waals surface area contributed by atoms with Gasteiger partial charge in [0.15, 0.2) is 0 Å². The topological polar surface area (TPSA) is 55.1 Å². The summed E-state index contributed by atoms with van der Waals surface area (Å²) in [6.45, 7) is -0.926. The molecule has 0 saturated carbocycles. The summed E-state index contributed by atoms with van der Waals surface area (Å²) < 4.78 is 61.1. The van der Waals surface area contributed by atoms with Crippen molar-refractivity contribution in [3.8, 4) is 0 Å². The van der Waals surface area contributed by atoms with Gasteiger partial charge >= 0.3 is 6.18 Å².